The molecule has 1 aliphatic heterocycles. The van der Waals surface area contributed by atoms with E-state index in [1.54, 1.807) is 6.92 Å². The number of amides is 2. The van der Waals surface area contributed by atoms with E-state index in [9.17, 15) is 14.7 Å². The predicted octanol–water partition coefficient (Wildman–Crippen LogP) is 2.42. The summed E-state index contributed by atoms with van der Waals surface area (Å²) in [6.07, 6.45) is -0.800. The van der Waals surface area contributed by atoms with Crippen molar-refractivity contribution in [2.75, 3.05) is 6.61 Å². The number of nitrogens with zero attached hydrogens (tertiary/aromatic N) is 1. The molecule has 1 N–H and O–H groups in total. The Bertz CT molecular complexity index is 373. The molecule has 1 saturated heterocycles. The third kappa shape index (κ3) is 3.72. The minimum atomic E-state index is -0.739. The maximum atomic E-state index is 12.5. The predicted molar refractivity (Wildman–Crippen MR) is 76.1 cm³/mol. The Morgan fingerprint density at radius 3 is 2.40 bits per heavy atom. The van der Waals surface area contributed by atoms with Crippen LogP contribution in [0.3, 0.4) is 0 Å². The van der Waals surface area contributed by atoms with Crippen LogP contribution in [0, 0.1) is 17.3 Å². The molecule has 5 heteroatoms. The Labute approximate surface area is 121 Å². The van der Waals surface area contributed by atoms with Crippen molar-refractivity contribution in [3.8, 4) is 0 Å². The van der Waals surface area contributed by atoms with Crippen molar-refractivity contribution in [2.24, 2.45) is 17.3 Å². The molecule has 2 amide bonds. The topological polar surface area (TPSA) is 66.8 Å². The third-order valence-corrected chi connectivity index (χ3v) is 3.79. The van der Waals surface area contributed by atoms with Crippen LogP contribution in [-0.2, 0) is 9.53 Å². The molecule has 20 heavy (non-hydrogen) atoms. The maximum Gasteiger partial charge on any atom is 0.417 e. The van der Waals surface area contributed by atoms with Crippen molar-refractivity contribution in [1.82, 2.24) is 4.90 Å². The van der Waals surface area contributed by atoms with Crippen molar-refractivity contribution < 1.29 is 19.4 Å². The Morgan fingerprint density at radius 1 is 1.40 bits per heavy atom. The molecule has 3 atom stereocenters. The fraction of sp³-hybridized carbons (Fsp3) is 0.867. The summed E-state index contributed by atoms with van der Waals surface area (Å²) in [5, 5.41) is 10.1. The zero-order chi connectivity index (χ0) is 15.7. The molecule has 0 unspecified atom stereocenters. The zero-order valence-corrected chi connectivity index (χ0v) is 13.3. The first-order valence-corrected chi connectivity index (χ1v) is 7.23. The van der Waals surface area contributed by atoms with E-state index in [4.69, 9.17) is 4.74 Å². The van der Waals surface area contributed by atoms with Crippen LogP contribution < -0.4 is 0 Å². The van der Waals surface area contributed by atoms with Gasteiger partial charge in [0, 0.05) is 0 Å². The normalized spacial score (nSPS) is 22.9. The molecule has 0 radical (unpaired) electrons. The van der Waals surface area contributed by atoms with Crippen molar-refractivity contribution in [3.05, 3.63) is 0 Å². The quantitative estimate of drug-likeness (QED) is 0.861. The first-order chi connectivity index (χ1) is 9.05. The molecule has 1 fully saturated rings. The smallest absolute Gasteiger partial charge is 0.417 e. The Kier molecular flexibility index (Phi) is 5.19. The van der Waals surface area contributed by atoms with E-state index in [1.165, 1.54) is 4.90 Å². The summed E-state index contributed by atoms with van der Waals surface area (Å²) >= 11 is 0. The van der Waals surface area contributed by atoms with E-state index in [1.807, 2.05) is 34.6 Å². The van der Waals surface area contributed by atoms with Crippen LogP contribution in [0.1, 0.15) is 48.0 Å². The number of aliphatic hydroxyl groups is 1. The summed E-state index contributed by atoms with van der Waals surface area (Å²) in [5.74, 6) is -0.655. The van der Waals surface area contributed by atoms with Crippen LogP contribution in [0.5, 0.6) is 0 Å². The van der Waals surface area contributed by atoms with Gasteiger partial charge in [-0.05, 0) is 17.8 Å². The van der Waals surface area contributed by atoms with E-state index >= 15 is 0 Å². The molecule has 1 aliphatic rings. The summed E-state index contributed by atoms with van der Waals surface area (Å²) < 4.78 is 5.02. The summed E-state index contributed by atoms with van der Waals surface area (Å²) in [7, 11) is 0. The third-order valence-electron chi connectivity index (χ3n) is 3.79. The molecule has 0 spiro atoms. The summed E-state index contributed by atoms with van der Waals surface area (Å²) in [4.78, 5) is 25.5. The van der Waals surface area contributed by atoms with Gasteiger partial charge >= 0.3 is 6.09 Å². The number of rotatable bonds is 4. The molecule has 0 aromatic heterocycles. The average Bonchev–Trinajstić information content (AvgIpc) is 2.68. The lowest BCUT2D eigenvalue weighted by molar-refractivity contribution is -0.138. The minimum absolute atomic E-state index is 0.223. The fourth-order valence-corrected chi connectivity index (χ4v) is 2.37. The van der Waals surface area contributed by atoms with Gasteiger partial charge < -0.3 is 9.84 Å². The van der Waals surface area contributed by atoms with Crippen LogP contribution in [0.4, 0.5) is 4.79 Å². The summed E-state index contributed by atoms with van der Waals surface area (Å²) in [6, 6.07) is -0.281. The van der Waals surface area contributed by atoms with Crippen LogP contribution in [0.25, 0.3) is 0 Å². The van der Waals surface area contributed by atoms with Crippen molar-refractivity contribution in [3.63, 3.8) is 0 Å². The molecular weight excluding hydrogens is 258 g/mol. The van der Waals surface area contributed by atoms with Crippen molar-refractivity contribution in [1.29, 1.82) is 0 Å². The van der Waals surface area contributed by atoms with E-state index in [-0.39, 0.29) is 24.0 Å². The number of ether oxygens (including phenoxy) is 1. The number of carbonyl (C=O) groups is 2. The second kappa shape index (κ2) is 6.12. The van der Waals surface area contributed by atoms with Gasteiger partial charge in [0.05, 0.1) is 18.1 Å². The number of carbonyl (C=O) groups excluding carboxylic acids is 2. The first kappa shape index (κ1) is 17.0. The summed E-state index contributed by atoms with van der Waals surface area (Å²) in [5.41, 5.74) is -0.245. The van der Waals surface area contributed by atoms with E-state index in [2.05, 4.69) is 0 Å². The SMILES string of the molecule is CC(C)C[C@@H](O)[C@H](C)C(=O)N1C(=O)OC[C@@H]1C(C)(C)C. The molecular formula is C15H27NO4. The second-order valence-electron chi connectivity index (χ2n) is 7.15. The highest BCUT2D eigenvalue weighted by Gasteiger charge is 2.46. The lowest BCUT2D eigenvalue weighted by Gasteiger charge is -2.33. The van der Waals surface area contributed by atoms with Gasteiger partial charge in [-0.3, -0.25) is 4.79 Å². The van der Waals surface area contributed by atoms with Crippen LogP contribution in [-0.4, -0.2) is 40.8 Å². The zero-order valence-electron chi connectivity index (χ0n) is 13.3. The number of hydrogen-bond donors (Lipinski definition) is 1. The van der Waals surface area contributed by atoms with Gasteiger partial charge in [-0.2, -0.15) is 0 Å². The number of hydrogen-bond acceptors (Lipinski definition) is 4. The van der Waals surface area contributed by atoms with Crippen LogP contribution >= 0.6 is 0 Å². The molecule has 0 aromatic carbocycles. The molecule has 0 bridgehead atoms. The van der Waals surface area contributed by atoms with Crippen molar-refractivity contribution >= 4 is 12.0 Å². The summed E-state index contributed by atoms with van der Waals surface area (Å²) in [6.45, 7) is 11.8. The number of imide groups is 1. The van der Waals surface area contributed by atoms with E-state index in [0.717, 1.165) is 0 Å². The molecule has 116 valence electrons. The van der Waals surface area contributed by atoms with Crippen LogP contribution in [0.15, 0.2) is 0 Å². The van der Waals surface area contributed by atoms with Gasteiger partial charge in [-0.25, -0.2) is 9.69 Å². The lowest BCUT2D eigenvalue weighted by Crippen LogP contribution is -2.49. The highest BCUT2D eigenvalue weighted by molar-refractivity contribution is 5.95. The molecule has 0 saturated carbocycles. The first-order valence-electron chi connectivity index (χ1n) is 7.23. The largest absolute Gasteiger partial charge is 0.447 e. The van der Waals surface area contributed by atoms with Gasteiger partial charge in [0.25, 0.3) is 0 Å². The molecule has 1 heterocycles. The minimum Gasteiger partial charge on any atom is -0.447 e. The van der Waals surface area contributed by atoms with Gasteiger partial charge in [0.2, 0.25) is 5.91 Å². The average molecular weight is 285 g/mol. The van der Waals surface area contributed by atoms with Crippen molar-refractivity contribution in [2.45, 2.75) is 60.1 Å². The number of aliphatic hydroxyl groups excluding tert-OH is 1. The van der Waals surface area contributed by atoms with Gasteiger partial charge in [0.1, 0.15) is 6.61 Å². The molecule has 0 aliphatic carbocycles. The van der Waals surface area contributed by atoms with Crippen LogP contribution in [0.2, 0.25) is 0 Å². The van der Waals surface area contributed by atoms with Gasteiger partial charge in [0.15, 0.2) is 0 Å². The Balaban J connectivity index is 2.85. The highest BCUT2D eigenvalue weighted by atomic mass is 16.6. The van der Waals surface area contributed by atoms with Gasteiger partial charge in [-0.15, -0.1) is 0 Å². The number of cyclic esters (lactones) is 1. The van der Waals surface area contributed by atoms with Gasteiger partial charge in [-0.1, -0.05) is 41.5 Å². The monoisotopic (exact) mass is 285 g/mol. The Morgan fingerprint density at radius 2 is 1.95 bits per heavy atom. The maximum absolute atomic E-state index is 12.5. The Hall–Kier alpha value is -1.10. The second-order valence-corrected chi connectivity index (χ2v) is 7.15. The standard InChI is InChI=1S/C15H27NO4/c1-9(2)7-11(17)10(3)13(18)16-12(15(4,5)6)8-20-14(16)19/h9-12,17H,7-8H2,1-6H3/t10-,11+,12+/m0/s1. The lowest BCUT2D eigenvalue weighted by atomic mass is 9.85. The highest BCUT2D eigenvalue weighted by Crippen LogP contribution is 2.31. The molecule has 0 aromatic rings. The fourth-order valence-electron chi connectivity index (χ4n) is 2.37. The van der Waals surface area contributed by atoms with E-state index < -0.39 is 18.1 Å². The van der Waals surface area contributed by atoms with E-state index in [0.29, 0.717) is 12.3 Å². The molecule has 1 rings (SSSR count). The molecule has 5 nitrogen and oxygen atoms in total.